The molecule has 2 rings (SSSR count). The molecule has 0 aliphatic carbocycles. The average molecular weight is 432 g/mol. The second-order valence-corrected chi connectivity index (χ2v) is 7.07. The Bertz CT molecular complexity index is 949. The predicted octanol–water partition coefficient (Wildman–Crippen LogP) is 1.58. The number of carbonyl (C=O) groups is 3. The number of nitrogens with one attached hydrogen (secondary N) is 3. The number of carbonyl (C=O) groups excluding carboxylic acids is 3. The first-order valence-corrected chi connectivity index (χ1v) is 9.66. The Morgan fingerprint density at radius 1 is 1.07 bits per heavy atom. The zero-order chi connectivity index (χ0) is 22.1. The number of ether oxygens (including phenoxy) is 1. The van der Waals surface area contributed by atoms with Gasteiger partial charge in [0.05, 0.1) is 24.3 Å². The SMILES string of the molecule is COc1ccc(C(=O)NCC(=O)NNC(=O)CSc2ccc(C)cc2)cc1[N+](=O)[O-]. The van der Waals surface area contributed by atoms with Crippen LogP contribution in [0.15, 0.2) is 47.4 Å². The minimum absolute atomic E-state index is 0.00571. The van der Waals surface area contributed by atoms with Gasteiger partial charge in [-0.3, -0.25) is 35.3 Å². The van der Waals surface area contributed by atoms with E-state index in [4.69, 9.17) is 4.74 Å². The van der Waals surface area contributed by atoms with Crippen LogP contribution in [0.3, 0.4) is 0 Å². The molecular weight excluding hydrogens is 412 g/mol. The van der Waals surface area contributed by atoms with E-state index in [0.29, 0.717) is 0 Å². The largest absolute Gasteiger partial charge is 0.490 e. The highest BCUT2D eigenvalue weighted by atomic mass is 32.2. The fourth-order valence-electron chi connectivity index (χ4n) is 2.24. The number of nitro benzene ring substituents is 1. The predicted molar refractivity (Wildman–Crippen MR) is 110 cm³/mol. The monoisotopic (exact) mass is 432 g/mol. The lowest BCUT2D eigenvalue weighted by Gasteiger charge is -2.09. The van der Waals surface area contributed by atoms with Crippen LogP contribution in [0.1, 0.15) is 15.9 Å². The smallest absolute Gasteiger partial charge is 0.311 e. The van der Waals surface area contributed by atoms with Crippen molar-refractivity contribution in [2.75, 3.05) is 19.4 Å². The normalized spacial score (nSPS) is 10.1. The summed E-state index contributed by atoms with van der Waals surface area (Å²) in [6, 6.07) is 11.3. The molecule has 0 atom stereocenters. The van der Waals surface area contributed by atoms with Crippen LogP contribution in [0.2, 0.25) is 0 Å². The van der Waals surface area contributed by atoms with Crippen molar-refractivity contribution in [2.45, 2.75) is 11.8 Å². The number of amides is 3. The number of nitro groups is 1. The van der Waals surface area contributed by atoms with E-state index in [0.717, 1.165) is 16.5 Å². The third kappa shape index (κ3) is 6.78. The van der Waals surface area contributed by atoms with Gasteiger partial charge in [0.2, 0.25) is 5.91 Å². The van der Waals surface area contributed by atoms with E-state index >= 15 is 0 Å². The molecule has 30 heavy (non-hydrogen) atoms. The molecule has 0 fully saturated rings. The minimum Gasteiger partial charge on any atom is -0.490 e. The molecule has 0 spiro atoms. The van der Waals surface area contributed by atoms with Gasteiger partial charge >= 0.3 is 5.69 Å². The number of thioether (sulfide) groups is 1. The first-order valence-electron chi connectivity index (χ1n) is 8.68. The summed E-state index contributed by atoms with van der Waals surface area (Å²) in [5.41, 5.74) is 5.18. The van der Waals surface area contributed by atoms with Crippen LogP contribution in [-0.2, 0) is 9.59 Å². The first kappa shape index (κ1) is 22.7. The fourth-order valence-corrected chi connectivity index (χ4v) is 2.94. The number of nitrogens with zero attached hydrogens (tertiary/aromatic N) is 1. The maximum Gasteiger partial charge on any atom is 0.311 e. The molecule has 10 nitrogen and oxygen atoms in total. The molecule has 0 bridgehead atoms. The van der Waals surface area contributed by atoms with Gasteiger partial charge in [0.1, 0.15) is 0 Å². The Hall–Kier alpha value is -3.60. The molecule has 0 aliphatic rings. The number of methoxy groups -OCH3 is 1. The molecule has 2 aromatic rings. The maximum absolute atomic E-state index is 12.1. The van der Waals surface area contributed by atoms with Gasteiger partial charge in [-0.15, -0.1) is 11.8 Å². The number of hydrogen-bond donors (Lipinski definition) is 3. The van der Waals surface area contributed by atoms with Crippen molar-refractivity contribution in [1.29, 1.82) is 0 Å². The molecular formula is C19H20N4O6S. The average Bonchev–Trinajstić information content (AvgIpc) is 2.75. The Morgan fingerprint density at radius 3 is 2.37 bits per heavy atom. The van der Waals surface area contributed by atoms with Crippen LogP contribution in [0.5, 0.6) is 5.75 Å². The summed E-state index contributed by atoms with van der Waals surface area (Å²) in [7, 11) is 1.28. The summed E-state index contributed by atoms with van der Waals surface area (Å²) >= 11 is 1.31. The van der Waals surface area contributed by atoms with Crippen molar-refractivity contribution in [1.82, 2.24) is 16.2 Å². The number of rotatable bonds is 8. The lowest BCUT2D eigenvalue weighted by molar-refractivity contribution is -0.385. The van der Waals surface area contributed by atoms with E-state index in [1.54, 1.807) is 0 Å². The van der Waals surface area contributed by atoms with Crippen LogP contribution in [0.4, 0.5) is 5.69 Å². The van der Waals surface area contributed by atoms with Gasteiger partial charge in [0.25, 0.3) is 11.8 Å². The van der Waals surface area contributed by atoms with Crippen molar-refractivity contribution < 1.29 is 24.0 Å². The van der Waals surface area contributed by atoms with Crippen LogP contribution in [0.25, 0.3) is 0 Å². The number of benzene rings is 2. The molecule has 3 amide bonds. The Labute approximate surface area is 176 Å². The first-order chi connectivity index (χ1) is 14.3. The topological polar surface area (TPSA) is 140 Å². The molecule has 0 saturated carbocycles. The quantitative estimate of drug-likeness (QED) is 0.327. The van der Waals surface area contributed by atoms with Gasteiger partial charge in [-0.2, -0.15) is 0 Å². The van der Waals surface area contributed by atoms with E-state index in [-0.39, 0.29) is 22.8 Å². The molecule has 158 valence electrons. The van der Waals surface area contributed by atoms with Gasteiger partial charge in [-0.25, -0.2) is 0 Å². The zero-order valence-corrected chi connectivity index (χ0v) is 17.1. The molecule has 0 unspecified atom stereocenters. The van der Waals surface area contributed by atoms with E-state index in [9.17, 15) is 24.5 Å². The molecule has 11 heteroatoms. The van der Waals surface area contributed by atoms with Crippen molar-refractivity contribution in [3.05, 3.63) is 63.7 Å². The Kier molecular flexibility index (Phi) is 8.18. The molecule has 0 radical (unpaired) electrons. The van der Waals surface area contributed by atoms with Crippen molar-refractivity contribution in [2.24, 2.45) is 0 Å². The van der Waals surface area contributed by atoms with Gasteiger partial charge in [-0.05, 0) is 31.2 Å². The number of hydrogen-bond acceptors (Lipinski definition) is 7. The highest BCUT2D eigenvalue weighted by molar-refractivity contribution is 8.00. The minimum atomic E-state index is -0.683. The van der Waals surface area contributed by atoms with Crippen LogP contribution in [-0.4, -0.2) is 42.1 Å². The molecule has 3 N–H and O–H groups in total. The van der Waals surface area contributed by atoms with E-state index in [1.807, 2.05) is 31.2 Å². The summed E-state index contributed by atoms with van der Waals surface area (Å²) in [6.07, 6.45) is 0. The van der Waals surface area contributed by atoms with E-state index in [1.165, 1.54) is 31.0 Å². The highest BCUT2D eigenvalue weighted by Crippen LogP contribution is 2.27. The third-order valence-electron chi connectivity index (χ3n) is 3.78. The van der Waals surface area contributed by atoms with Gasteiger partial charge in [-0.1, -0.05) is 17.7 Å². The summed E-state index contributed by atoms with van der Waals surface area (Å²) in [5, 5.41) is 13.3. The lowest BCUT2D eigenvalue weighted by atomic mass is 10.1. The summed E-state index contributed by atoms with van der Waals surface area (Å²) < 4.78 is 4.87. The Balaban J connectivity index is 1.76. The zero-order valence-electron chi connectivity index (χ0n) is 16.3. The van der Waals surface area contributed by atoms with E-state index in [2.05, 4.69) is 16.2 Å². The van der Waals surface area contributed by atoms with Crippen LogP contribution >= 0.6 is 11.8 Å². The second-order valence-electron chi connectivity index (χ2n) is 6.02. The molecule has 0 aromatic heterocycles. The third-order valence-corrected chi connectivity index (χ3v) is 4.79. The number of aryl methyl sites for hydroxylation is 1. The van der Waals surface area contributed by atoms with Gasteiger partial charge in [0, 0.05) is 16.5 Å². The van der Waals surface area contributed by atoms with Gasteiger partial charge in [0.15, 0.2) is 5.75 Å². The van der Waals surface area contributed by atoms with Crippen LogP contribution in [0, 0.1) is 17.0 Å². The van der Waals surface area contributed by atoms with Crippen molar-refractivity contribution in [3.63, 3.8) is 0 Å². The Morgan fingerprint density at radius 2 is 1.73 bits per heavy atom. The standard InChI is InChI=1S/C19H20N4O6S/c1-12-3-6-14(7-4-12)30-11-18(25)22-21-17(24)10-20-19(26)13-5-8-16(29-2)15(9-13)23(27)28/h3-9H,10-11H2,1-2H3,(H,20,26)(H,21,24)(H,22,25). The maximum atomic E-state index is 12.1. The molecule has 0 heterocycles. The molecule has 2 aromatic carbocycles. The van der Waals surface area contributed by atoms with Crippen molar-refractivity contribution in [3.8, 4) is 5.75 Å². The fraction of sp³-hybridized carbons (Fsp3) is 0.211. The van der Waals surface area contributed by atoms with Gasteiger partial charge < -0.3 is 10.1 Å². The summed E-state index contributed by atoms with van der Waals surface area (Å²) in [5.74, 6) is -1.63. The molecule has 0 saturated heterocycles. The van der Waals surface area contributed by atoms with Crippen molar-refractivity contribution >= 4 is 35.2 Å². The van der Waals surface area contributed by atoms with Crippen LogP contribution < -0.4 is 20.9 Å². The van der Waals surface area contributed by atoms with E-state index < -0.39 is 29.2 Å². The summed E-state index contributed by atoms with van der Waals surface area (Å²) in [6.45, 7) is 1.54. The second kappa shape index (κ2) is 10.8. The number of hydrazine groups is 1. The highest BCUT2D eigenvalue weighted by Gasteiger charge is 2.18. The lowest BCUT2D eigenvalue weighted by Crippen LogP contribution is -2.46. The molecule has 0 aliphatic heterocycles. The summed E-state index contributed by atoms with van der Waals surface area (Å²) in [4.78, 5) is 47.0.